The molecule has 0 amide bonds. The molecule has 0 saturated heterocycles. The maximum Gasteiger partial charge on any atom is 0 e. The average Bonchev–Trinajstić information content (AvgIpc) is 2.74. The molecule has 1 rings (SSSR count). The summed E-state index contributed by atoms with van der Waals surface area (Å²) in [6.45, 7) is 22.0. The molecule has 0 fully saturated rings. The van der Waals surface area contributed by atoms with Crippen molar-refractivity contribution in [2.75, 3.05) is 0 Å². The second-order valence-corrected chi connectivity index (χ2v) is 4.29. The Hall–Kier alpha value is -1.21. The third-order valence-electron chi connectivity index (χ3n) is 2.66. The maximum atomic E-state index is 7.75. The molecule has 0 aromatic heterocycles. The number of rotatable bonds is 2. The quantitative estimate of drug-likeness (QED) is 0.575. The molecular weight excluding hydrogens is 305 g/mol. The Kier molecular flexibility index (Phi) is 21.5. The van der Waals surface area contributed by atoms with E-state index in [4.69, 9.17) is 20.1 Å². The number of hydrogen-bond donors (Lipinski definition) is 0. The van der Waals surface area contributed by atoms with Crippen molar-refractivity contribution in [2.24, 2.45) is 0 Å². The first-order chi connectivity index (χ1) is 8.95. The number of nitrogens with zero attached hydrogens (tertiary/aromatic N) is 3. The predicted octanol–water partition coefficient (Wildman–Crippen LogP) is 2.56. The predicted molar refractivity (Wildman–Crippen MR) is 76.9 cm³/mol. The van der Waals surface area contributed by atoms with Gasteiger partial charge in [0.15, 0.2) is 0 Å². The Morgan fingerprint density at radius 2 is 1.05 bits per heavy atom. The van der Waals surface area contributed by atoms with E-state index >= 15 is 0 Å². The molecule has 1 heterocycles. The fourth-order valence-corrected chi connectivity index (χ4v) is 1.72. The smallest absolute Gasteiger partial charge is 0 e. The number of nitroso groups, excluding NO2 is 1. The monoisotopic (exact) mass is 328 g/mol. The minimum absolute atomic E-state index is 0. The van der Waals surface area contributed by atoms with Crippen LogP contribution in [0.5, 0.6) is 0 Å². The van der Waals surface area contributed by atoms with Crippen LogP contribution in [0.3, 0.4) is 0 Å². The van der Waals surface area contributed by atoms with Crippen LogP contribution < -0.4 is 0 Å². The molecule has 0 aromatic carbocycles. The first-order valence-corrected chi connectivity index (χ1v) is 5.69. The van der Waals surface area contributed by atoms with Gasteiger partial charge in [-0.1, -0.05) is 0 Å². The Bertz CT molecular complexity index is 247. The van der Waals surface area contributed by atoms with Crippen LogP contribution >= 0.6 is 0 Å². The molecule has 0 atom stereocenters. The van der Waals surface area contributed by atoms with E-state index in [2.05, 4.69) is 71.6 Å². The van der Waals surface area contributed by atoms with Gasteiger partial charge in [0.1, 0.15) is 0 Å². The molecule has 121 valence electrons. The van der Waals surface area contributed by atoms with Crippen molar-refractivity contribution in [2.45, 2.75) is 53.6 Å². The summed E-state index contributed by atoms with van der Waals surface area (Å²) in [5, 5.41) is 0. The average molecular weight is 328 g/mol. The van der Waals surface area contributed by atoms with Crippen LogP contribution in [0.25, 0.3) is 5.59 Å². The topological polar surface area (TPSA) is 80.0 Å². The molecule has 0 N–H and O–H groups in total. The molecular formula is C13H23CoN3O3-4. The van der Waals surface area contributed by atoms with Crippen molar-refractivity contribution < 1.29 is 26.4 Å². The van der Waals surface area contributed by atoms with Crippen LogP contribution in [0, 0.1) is 11.6 Å². The van der Waals surface area contributed by atoms with Crippen molar-refractivity contribution in [1.82, 2.24) is 9.80 Å². The van der Waals surface area contributed by atoms with Crippen molar-refractivity contribution in [1.29, 1.82) is 0 Å². The third kappa shape index (κ3) is 8.06. The van der Waals surface area contributed by atoms with Gasteiger partial charge in [-0.05, 0) is 65.0 Å². The van der Waals surface area contributed by atoms with E-state index in [1.807, 2.05) is 0 Å². The Morgan fingerprint density at radius 3 is 1.15 bits per heavy atom. The molecule has 1 aliphatic heterocycles. The van der Waals surface area contributed by atoms with Crippen LogP contribution in [0.15, 0.2) is 11.4 Å². The first-order valence-electron chi connectivity index (χ1n) is 5.69. The minimum atomic E-state index is 0. The minimum Gasteiger partial charge on any atom is -0.577 e. The Morgan fingerprint density at radius 1 is 0.850 bits per heavy atom. The molecule has 0 saturated carbocycles. The summed E-state index contributed by atoms with van der Waals surface area (Å²) in [4.78, 5) is 27.4. The van der Waals surface area contributed by atoms with Crippen LogP contribution in [0.1, 0.15) is 41.5 Å². The molecule has 0 bridgehead atoms. The Balaban J connectivity index is -0.000000162. The summed E-state index contributed by atoms with van der Waals surface area (Å²) in [5.41, 5.74) is 8.51. The molecule has 7 heteroatoms. The number of carbonyl (C=O) groups excluding carboxylic acids is 2. The van der Waals surface area contributed by atoms with E-state index in [0.717, 1.165) is 0 Å². The number of hydrogen-bond acceptors (Lipinski definition) is 5. The van der Waals surface area contributed by atoms with Crippen LogP contribution in [-0.2, 0) is 26.4 Å². The maximum absolute atomic E-state index is 7.75. The van der Waals surface area contributed by atoms with Crippen molar-refractivity contribution in [3.05, 3.63) is 28.6 Å². The zero-order chi connectivity index (χ0) is 16.2. The van der Waals surface area contributed by atoms with Gasteiger partial charge in [-0.25, -0.2) is 0 Å². The summed E-state index contributed by atoms with van der Waals surface area (Å²) in [6.07, 6.45) is 0. The zero-order valence-corrected chi connectivity index (χ0v) is 13.8. The van der Waals surface area contributed by atoms with Crippen molar-refractivity contribution in [3.8, 4) is 0 Å². The van der Waals surface area contributed by atoms with E-state index in [-0.39, 0.29) is 16.8 Å². The van der Waals surface area contributed by atoms with Crippen molar-refractivity contribution >= 4 is 13.6 Å². The van der Waals surface area contributed by atoms with Crippen LogP contribution in [0.2, 0.25) is 0 Å². The standard InChI is InChI=1S/C11H21N2.2CHO.Co.NO/c1-8(2)12-7-13(9(3)4)11(6)10(12)5;2*1-2;;1-2/h7-9H,1-6H3;2*1H;;/q3*-1;;-1. The van der Waals surface area contributed by atoms with E-state index in [0.29, 0.717) is 12.1 Å². The summed E-state index contributed by atoms with van der Waals surface area (Å²) < 4.78 is 0. The second kappa shape index (κ2) is 15.8. The summed E-state index contributed by atoms with van der Waals surface area (Å²) in [5.74, 6) is 0. The van der Waals surface area contributed by atoms with E-state index in [9.17, 15) is 0 Å². The molecule has 0 unspecified atom stereocenters. The SMILES string of the molecule is CC1=C(C)N(C(C)C)[CH-]N1C(C)C.[CH-]=O.[CH-]=O.[Co].[N-]=O. The third-order valence-corrected chi connectivity index (χ3v) is 2.66. The summed E-state index contributed by atoms with van der Waals surface area (Å²) >= 11 is 0. The second-order valence-electron chi connectivity index (χ2n) is 4.29. The van der Waals surface area contributed by atoms with Gasteiger partial charge in [0.05, 0.1) is 0 Å². The molecule has 6 nitrogen and oxygen atoms in total. The molecule has 1 aliphatic rings. The normalized spacial score (nSPS) is 12.6. The van der Waals surface area contributed by atoms with Crippen molar-refractivity contribution in [3.63, 3.8) is 0 Å². The van der Waals surface area contributed by atoms with E-state index in [1.165, 1.54) is 11.4 Å². The van der Waals surface area contributed by atoms with Gasteiger partial charge in [-0.2, -0.15) is 6.67 Å². The molecule has 0 spiro atoms. The van der Waals surface area contributed by atoms with Gasteiger partial charge in [0.25, 0.3) is 0 Å². The first kappa shape index (κ1) is 27.2. The van der Waals surface area contributed by atoms with E-state index < -0.39 is 0 Å². The summed E-state index contributed by atoms with van der Waals surface area (Å²) in [6, 6.07) is 1.11. The molecule has 0 aliphatic carbocycles. The molecule has 0 aromatic rings. The van der Waals surface area contributed by atoms with E-state index in [1.54, 1.807) is 0 Å². The largest absolute Gasteiger partial charge is 0.577 e. The zero-order valence-electron chi connectivity index (χ0n) is 12.8. The van der Waals surface area contributed by atoms with Gasteiger partial charge in [-0.3, -0.25) is 13.6 Å². The van der Waals surface area contributed by atoms with Gasteiger partial charge in [0.2, 0.25) is 0 Å². The van der Waals surface area contributed by atoms with Gasteiger partial charge in [0, 0.05) is 16.8 Å². The Labute approximate surface area is 132 Å². The molecule has 1 radical (unpaired) electrons. The molecule has 20 heavy (non-hydrogen) atoms. The van der Waals surface area contributed by atoms with Gasteiger partial charge in [-0.15, -0.1) is 0 Å². The summed E-state index contributed by atoms with van der Waals surface area (Å²) in [7, 11) is 0. The van der Waals surface area contributed by atoms with Gasteiger partial charge < -0.3 is 29.9 Å². The number of allylic oxidation sites excluding steroid dienone is 2. The van der Waals surface area contributed by atoms with Crippen LogP contribution in [-0.4, -0.2) is 35.5 Å². The van der Waals surface area contributed by atoms with Gasteiger partial charge >= 0.3 is 0 Å². The van der Waals surface area contributed by atoms with Crippen LogP contribution in [0.4, 0.5) is 0 Å². The fourth-order valence-electron chi connectivity index (χ4n) is 1.72. The fraction of sp³-hybridized carbons (Fsp3) is 0.615.